The quantitative estimate of drug-likeness (QED) is 0.166. The summed E-state index contributed by atoms with van der Waals surface area (Å²) in [6.07, 6.45) is 0.0293. The molecule has 51 heavy (non-hydrogen) atoms. The summed E-state index contributed by atoms with van der Waals surface area (Å²) >= 11 is 0. The molecule has 3 aliphatic heterocycles. The lowest BCUT2D eigenvalue weighted by atomic mass is 9.98. The molecule has 2 amide bonds. The maximum absolute atomic E-state index is 14.5. The number of benzene rings is 2. The molecule has 3 unspecified atom stereocenters. The highest BCUT2D eigenvalue weighted by atomic mass is 31.2. The number of aliphatic hydroxyl groups excluding tert-OH is 2. The van der Waals surface area contributed by atoms with Crippen LogP contribution in [0.15, 0.2) is 76.5 Å². The average molecular weight is 732 g/mol. The maximum atomic E-state index is 14.5. The number of nitrogens with zero attached hydrogens (tertiary/aromatic N) is 4. The van der Waals surface area contributed by atoms with E-state index in [4.69, 9.17) is 14.0 Å². The lowest BCUT2D eigenvalue weighted by Crippen LogP contribution is -2.71. The van der Waals surface area contributed by atoms with Crippen LogP contribution in [0.4, 0.5) is 8.78 Å². The Hall–Kier alpha value is -4.63. The van der Waals surface area contributed by atoms with E-state index in [-0.39, 0.29) is 62.0 Å². The second kappa shape index (κ2) is 15.3. The summed E-state index contributed by atoms with van der Waals surface area (Å²) in [4.78, 5) is 41.0. The fraction of sp³-hybridized carbons (Fsp3) is 0.412. The summed E-state index contributed by atoms with van der Waals surface area (Å²) < 4.78 is 63.3. The van der Waals surface area contributed by atoms with Gasteiger partial charge >= 0.3 is 13.5 Å². The van der Waals surface area contributed by atoms with Crippen molar-refractivity contribution in [3.8, 4) is 5.75 Å². The fourth-order valence-electron chi connectivity index (χ4n) is 5.83. The van der Waals surface area contributed by atoms with Crippen LogP contribution in [0.1, 0.15) is 32.8 Å². The Morgan fingerprint density at radius 1 is 1.20 bits per heavy atom. The molecule has 5 rings (SSSR count). The van der Waals surface area contributed by atoms with Crippen molar-refractivity contribution in [2.24, 2.45) is 10.7 Å². The van der Waals surface area contributed by atoms with E-state index in [2.05, 4.69) is 10.1 Å². The van der Waals surface area contributed by atoms with Gasteiger partial charge < -0.3 is 34.4 Å². The number of hydrogen-bond donors (Lipinski definition) is 3. The highest BCUT2D eigenvalue weighted by molar-refractivity contribution is 7.58. The van der Waals surface area contributed by atoms with Crippen molar-refractivity contribution in [3.05, 3.63) is 89.0 Å². The molecule has 1 spiro atoms. The SMILES string of the molecule is CC(C)OC(=O)C(C)/C=N\P(=O)(CCN1N2C=C(C(=O)NCc3ccc(F)cc3F)C(O)C(O)=C2C(=O)N(C)[C@@]12CCOC2)Oc1ccccc1. The molecule has 0 saturated carbocycles. The number of carbonyl (C=O) groups excluding carboxylic acids is 3. The Kier molecular flexibility index (Phi) is 11.3. The number of fused-ring (bicyclic) bond motifs is 1. The van der Waals surface area contributed by atoms with E-state index < -0.39 is 66.0 Å². The van der Waals surface area contributed by atoms with E-state index in [1.165, 1.54) is 30.1 Å². The molecule has 0 radical (unpaired) electrons. The van der Waals surface area contributed by atoms with Gasteiger partial charge in [0.25, 0.3) is 11.8 Å². The first-order chi connectivity index (χ1) is 24.2. The number of halogens is 2. The van der Waals surface area contributed by atoms with Gasteiger partial charge in [-0.3, -0.25) is 24.0 Å². The van der Waals surface area contributed by atoms with Gasteiger partial charge in [-0.1, -0.05) is 24.3 Å². The van der Waals surface area contributed by atoms with Gasteiger partial charge in [0.2, 0.25) is 0 Å². The van der Waals surface area contributed by atoms with Crippen LogP contribution < -0.4 is 9.84 Å². The van der Waals surface area contributed by atoms with Crippen molar-refractivity contribution in [2.75, 3.05) is 33.0 Å². The van der Waals surface area contributed by atoms with Gasteiger partial charge in [-0.2, -0.15) is 5.01 Å². The Morgan fingerprint density at radius 3 is 2.57 bits per heavy atom. The number of nitrogens with one attached hydrogen (secondary N) is 1. The zero-order valence-electron chi connectivity index (χ0n) is 28.5. The number of amides is 2. The van der Waals surface area contributed by atoms with Crippen LogP contribution >= 0.6 is 7.52 Å². The molecule has 2 aromatic rings. The number of likely N-dealkylation sites (N-methyl/N-ethyl adjacent to an activating group) is 1. The molecular formula is C34H40F2N5O9P. The first kappa shape index (κ1) is 37.6. The molecule has 3 aliphatic rings. The van der Waals surface area contributed by atoms with Crippen molar-refractivity contribution in [1.82, 2.24) is 20.2 Å². The summed E-state index contributed by atoms with van der Waals surface area (Å²) in [5.41, 5.74) is -1.99. The van der Waals surface area contributed by atoms with Gasteiger partial charge in [-0.25, -0.2) is 13.5 Å². The van der Waals surface area contributed by atoms with Gasteiger partial charge in [-0.15, -0.1) is 0 Å². The zero-order valence-corrected chi connectivity index (χ0v) is 29.4. The van der Waals surface area contributed by atoms with Gasteiger partial charge in [0.15, 0.2) is 11.5 Å². The van der Waals surface area contributed by atoms with Crippen LogP contribution in [0.3, 0.4) is 0 Å². The maximum Gasteiger partial charge on any atom is 0.362 e. The van der Waals surface area contributed by atoms with Crippen LogP contribution in [0.5, 0.6) is 5.75 Å². The predicted molar refractivity (Wildman–Crippen MR) is 180 cm³/mol. The number of rotatable bonds is 12. The number of esters is 1. The summed E-state index contributed by atoms with van der Waals surface area (Å²) in [5.74, 6) is -5.31. The van der Waals surface area contributed by atoms with Crippen LogP contribution in [-0.4, -0.2) is 100.0 Å². The minimum atomic E-state index is -4.03. The highest BCUT2D eigenvalue weighted by Gasteiger charge is 2.56. The second-order valence-corrected chi connectivity index (χ2v) is 14.7. The molecule has 4 atom stereocenters. The summed E-state index contributed by atoms with van der Waals surface area (Å²) in [5, 5.41) is 27.4. The Bertz CT molecular complexity index is 1800. The number of hydrazine groups is 1. The molecule has 274 valence electrons. The van der Waals surface area contributed by atoms with Crippen LogP contribution in [0, 0.1) is 17.6 Å². The molecule has 3 heterocycles. The van der Waals surface area contributed by atoms with Gasteiger partial charge in [-0.05, 0) is 39.0 Å². The van der Waals surface area contributed by atoms with Crippen LogP contribution in [0.2, 0.25) is 0 Å². The summed E-state index contributed by atoms with van der Waals surface area (Å²) in [6, 6.07) is 11.1. The molecule has 0 bridgehead atoms. The third-order valence-electron chi connectivity index (χ3n) is 8.63. The number of para-hydroxylation sites is 1. The average Bonchev–Trinajstić information content (AvgIpc) is 3.58. The molecule has 3 N–H and O–H groups in total. The monoisotopic (exact) mass is 731 g/mol. The number of ether oxygens (including phenoxy) is 2. The van der Waals surface area contributed by atoms with E-state index in [9.17, 15) is 37.9 Å². The van der Waals surface area contributed by atoms with Crippen molar-refractivity contribution >= 4 is 31.5 Å². The van der Waals surface area contributed by atoms with Gasteiger partial charge in [0, 0.05) is 50.6 Å². The summed E-state index contributed by atoms with van der Waals surface area (Å²) in [6.45, 7) is 4.63. The van der Waals surface area contributed by atoms with Crippen molar-refractivity contribution < 1.29 is 51.9 Å². The number of aliphatic hydroxyl groups is 2. The number of hydrogen-bond acceptors (Lipinski definition) is 11. The zero-order chi connectivity index (χ0) is 37.1. The number of carbonyl (C=O) groups is 3. The molecule has 2 saturated heterocycles. The second-order valence-electron chi connectivity index (χ2n) is 12.6. The molecule has 0 aliphatic carbocycles. The topological polar surface area (TPSA) is 171 Å². The van der Waals surface area contributed by atoms with E-state index in [1.54, 1.807) is 49.2 Å². The van der Waals surface area contributed by atoms with E-state index in [0.29, 0.717) is 6.07 Å². The lowest BCUT2D eigenvalue weighted by Gasteiger charge is -2.56. The Labute approximate surface area is 293 Å². The predicted octanol–water partition coefficient (Wildman–Crippen LogP) is 3.65. The van der Waals surface area contributed by atoms with E-state index in [0.717, 1.165) is 18.3 Å². The van der Waals surface area contributed by atoms with Gasteiger partial charge in [0.1, 0.15) is 29.2 Å². The third-order valence-corrected chi connectivity index (χ3v) is 10.4. The first-order valence-corrected chi connectivity index (χ1v) is 18.0. The largest absolute Gasteiger partial charge is 0.507 e. The van der Waals surface area contributed by atoms with Crippen molar-refractivity contribution in [1.29, 1.82) is 0 Å². The van der Waals surface area contributed by atoms with E-state index >= 15 is 0 Å². The fourth-order valence-corrected chi connectivity index (χ4v) is 7.38. The molecule has 2 aromatic carbocycles. The highest BCUT2D eigenvalue weighted by Crippen LogP contribution is 2.50. The molecule has 17 heteroatoms. The minimum Gasteiger partial charge on any atom is -0.507 e. The van der Waals surface area contributed by atoms with Crippen molar-refractivity contribution in [2.45, 2.75) is 51.6 Å². The van der Waals surface area contributed by atoms with Crippen LogP contribution in [-0.2, 0) is 35.0 Å². The standard InChI is InChI=1S/C34H40F2N5O9P/c1-21(2)49-33(46)22(3)17-38-51(47,50-25-8-6-5-7-9-25)15-13-41-34(12-14-48-20-34)39(4)32(45)28-30(43)29(42)26(19-40(28)41)31(44)37-18-23-10-11-24(35)16-27(23)36/h5-11,16-17,19,21-22,29,42-43H,12-15,18,20H2,1-4H3,(H,37,44)/b38-17-/t22?,29?,34-,51?/m0/s1. The molecule has 14 nitrogen and oxygen atoms in total. The molecular weight excluding hydrogens is 691 g/mol. The van der Waals surface area contributed by atoms with Crippen molar-refractivity contribution in [3.63, 3.8) is 0 Å². The lowest BCUT2D eigenvalue weighted by molar-refractivity contribution is -0.185. The van der Waals surface area contributed by atoms with Gasteiger partial charge in [0.05, 0.1) is 37.0 Å². The van der Waals surface area contributed by atoms with Crippen LogP contribution in [0.25, 0.3) is 0 Å². The summed E-state index contributed by atoms with van der Waals surface area (Å²) in [7, 11) is -2.53. The Morgan fingerprint density at radius 2 is 1.92 bits per heavy atom. The third kappa shape index (κ3) is 7.99. The smallest absolute Gasteiger partial charge is 0.362 e. The van der Waals surface area contributed by atoms with E-state index in [1.807, 2.05) is 0 Å². The minimum absolute atomic E-state index is 0.00720. The molecule has 0 aromatic heterocycles. The first-order valence-electron chi connectivity index (χ1n) is 16.2. The molecule has 2 fully saturated rings. The Balaban J connectivity index is 1.49. The normalized spacial score (nSPS) is 22.6.